The second-order valence-electron chi connectivity index (χ2n) is 7.83. The van der Waals surface area contributed by atoms with Crippen molar-refractivity contribution in [2.24, 2.45) is 5.92 Å². The minimum Gasteiger partial charge on any atom is -0.296 e. The molecule has 0 aromatic heterocycles. The molecule has 0 spiro atoms. The van der Waals surface area contributed by atoms with Gasteiger partial charge in [-0.05, 0) is 40.0 Å². The molecule has 3 atom stereocenters. The van der Waals surface area contributed by atoms with Crippen LogP contribution in [0, 0.1) is 5.92 Å². The van der Waals surface area contributed by atoms with Crippen LogP contribution in [0.3, 0.4) is 0 Å². The Bertz CT molecular complexity index is 323. The van der Waals surface area contributed by atoms with Crippen molar-refractivity contribution in [3.8, 4) is 0 Å². The zero-order chi connectivity index (χ0) is 15.0. The average molecular weight is 281 g/mol. The lowest BCUT2D eigenvalue weighted by Gasteiger charge is -2.55. The molecule has 2 rings (SSSR count). The summed E-state index contributed by atoms with van der Waals surface area (Å²) >= 11 is 0. The molecule has 0 aliphatic carbocycles. The molecule has 2 saturated heterocycles. The smallest absolute Gasteiger partial charge is 0.0875 e. The van der Waals surface area contributed by atoms with Crippen molar-refractivity contribution in [3.05, 3.63) is 0 Å². The van der Waals surface area contributed by atoms with E-state index >= 15 is 0 Å². The van der Waals surface area contributed by atoms with Crippen molar-refractivity contribution in [1.82, 2.24) is 15.1 Å². The Kier molecular flexibility index (Phi) is 4.83. The molecule has 0 aromatic rings. The third-order valence-electron chi connectivity index (χ3n) is 5.54. The molecule has 2 aliphatic heterocycles. The maximum atomic E-state index is 3.94. The molecular weight excluding hydrogens is 246 g/mol. The third kappa shape index (κ3) is 2.77. The molecule has 0 radical (unpaired) electrons. The van der Waals surface area contributed by atoms with Crippen LogP contribution in [0.15, 0.2) is 0 Å². The van der Waals surface area contributed by atoms with E-state index in [0.29, 0.717) is 6.04 Å². The molecular formula is C17H35N3. The SMILES string of the molecule is CCCC(CC)C12CN(C(C)(C)C)CCN1C(C)CN2. The number of nitrogens with zero attached hydrogens (tertiary/aromatic N) is 2. The number of hydrogen-bond acceptors (Lipinski definition) is 3. The highest BCUT2D eigenvalue weighted by Crippen LogP contribution is 2.38. The van der Waals surface area contributed by atoms with Crippen molar-refractivity contribution < 1.29 is 0 Å². The molecule has 3 nitrogen and oxygen atoms in total. The number of nitrogens with one attached hydrogen (secondary N) is 1. The van der Waals surface area contributed by atoms with E-state index in [4.69, 9.17) is 0 Å². The Labute approximate surface area is 126 Å². The van der Waals surface area contributed by atoms with E-state index in [1.165, 1.54) is 38.9 Å². The summed E-state index contributed by atoms with van der Waals surface area (Å²) in [6.07, 6.45) is 3.91. The highest BCUT2D eigenvalue weighted by molar-refractivity contribution is 5.07. The Hall–Kier alpha value is -0.120. The van der Waals surface area contributed by atoms with E-state index in [-0.39, 0.29) is 11.2 Å². The van der Waals surface area contributed by atoms with Crippen LogP contribution in [0.5, 0.6) is 0 Å². The fourth-order valence-corrected chi connectivity index (χ4v) is 4.30. The van der Waals surface area contributed by atoms with Crippen molar-refractivity contribution >= 4 is 0 Å². The monoisotopic (exact) mass is 281 g/mol. The normalized spacial score (nSPS) is 34.2. The van der Waals surface area contributed by atoms with Gasteiger partial charge in [-0.25, -0.2) is 0 Å². The predicted molar refractivity (Wildman–Crippen MR) is 86.9 cm³/mol. The van der Waals surface area contributed by atoms with Gasteiger partial charge in [0, 0.05) is 37.8 Å². The van der Waals surface area contributed by atoms with E-state index in [2.05, 4.69) is 56.7 Å². The molecule has 0 saturated carbocycles. The molecule has 0 aromatic carbocycles. The highest BCUT2D eigenvalue weighted by atomic mass is 15.5. The maximum absolute atomic E-state index is 3.94. The predicted octanol–water partition coefficient (Wildman–Crippen LogP) is 2.92. The first-order chi connectivity index (χ1) is 9.35. The summed E-state index contributed by atoms with van der Waals surface area (Å²) in [5.41, 5.74) is 0.493. The Morgan fingerprint density at radius 1 is 1.25 bits per heavy atom. The number of piperazine rings is 1. The molecule has 118 valence electrons. The van der Waals surface area contributed by atoms with Crippen LogP contribution in [-0.4, -0.2) is 53.2 Å². The lowest BCUT2D eigenvalue weighted by atomic mass is 9.82. The second kappa shape index (κ2) is 5.94. The van der Waals surface area contributed by atoms with Gasteiger partial charge in [-0.1, -0.05) is 26.7 Å². The van der Waals surface area contributed by atoms with Crippen LogP contribution in [0.1, 0.15) is 60.8 Å². The van der Waals surface area contributed by atoms with E-state index in [1.807, 2.05) is 0 Å². The minimum atomic E-state index is 0.218. The van der Waals surface area contributed by atoms with Crippen molar-refractivity contribution in [1.29, 1.82) is 0 Å². The molecule has 2 aliphatic rings. The molecule has 2 fully saturated rings. The average Bonchev–Trinajstić information content (AvgIpc) is 2.73. The summed E-state index contributed by atoms with van der Waals surface area (Å²) in [5, 5.41) is 3.94. The summed E-state index contributed by atoms with van der Waals surface area (Å²) < 4.78 is 0. The summed E-state index contributed by atoms with van der Waals surface area (Å²) in [6, 6.07) is 0.683. The first-order valence-corrected chi connectivity index (χ1v) is 8.62. The van der Waals surface area contributed by atoms with Crippen molar-refractivity contribution in [2.45, 2.75) is 78.0 Å². The zero-order valence-corrected chi connectivity index (χ0v) is 14.5. The van der Waals surface area contributed by atoms with Gasteiger partial charge in [-0.3, -0.25) is 15.1 Å². The Balaban J connectivity index is 2.27. The third-order valence-corrected chi connectivity index (χ3v) is 5.54. The number of fused-ring (bicyclic) bond motifs is 1. The van der Waals surface area contributed by atoms with E-state index in [0.717, 1.165) is 12.5 Å². The van der Waals surface area contributed by atoms with E-state index in [1.54, 1.807) is 0 Å². The fourth-order valence-electron chi connectivity index (χ4n) is 4.30. The van der Waals surface area contributed by atoms with E-state index < -0.39 is 0 Å². The van der Waals surface area contributed by atoms with Gasteiger partial charge in [0.1, 0.15) is 0 Å². The topological polar surface area (TPSA) is 18.5 Å². The molecule has 20 heavy (non-hydrogen) atoms. The summed E-state index contributed by atoms with van der Waals surface area (Å²) in [6.45, 7) is 18.9. The first kappa shape index (κ1) is 16.3. The fraction of sp³-hybridized carbons (Fsp3) is 1.00. The van der Waals surface area contributed by atoms with Crippen LogP contribution in [0.4, 0.5) is 0 Å². The maximum Gasteiger partial charge on any atom is 0.0875 e. The van der Waals surface area contributed by atoms with Gasteiger partial charge in [0.15, 0.2) is 0 Å². The van der Waals surface area contributed by atoms with Crippen LogP contribution in [-0.2, 0) is 0 Å². The van der Waals surface area contributed by atoms with Gasteiger partial charge in [-0.2, -0.15) is 0 Å². The molecule has 2 heterocycles. The number of rotatable bonds is 4. The molecule has 3 unspecified atom stereocenters. The second-order valence-corrected chi connectivity index (χ2v) is 7.83. The summed E-state index contributed by atoms with van der Waals surface area (Å²) in [7, 11) is 0. The lowest BCUT2D eigenvalue weighted by molar-refractivity contribution is -0.0700. The van der Waals surface area contributed by atoms with Crippen LogP contribution >= 0.6 is 0 Å². The molecule has 3 heteroatoms. The quantitative estimate of drug-likeness (QED) is 0.855. The molecule has 0 bridgehead atoms. The van der Waals surface area contributed by atoms with Crippen molar-refractivity contribution in [2.75, 3.05) is 26.2 Å². The molecule has 1 N–H and O–H groups in total. The minimum absolute atomic E-state index is 0.218. The summed E-state index contributed by atoms with van der Waals surface area (Å²) in [5.74, 6) is 0.766. The van der Waals surface area contributed by atoms with Gasteiger partial charge < -0.3 is 0 Å². The van der Waals surface area contributed by atoms with E-state index in [9.17, 15) is 0 Å². The van der Waals surface area contributed by atoms with Gasteiger partial charge >= 0.3 is 0 Å². The van der Waals surface area contributed by atoms with Gasteiger partial charge in [0.05, 0.1) is 5.66 Å². The highest BCUT2D eigenvalue weighted by Gasteiger charge is 2.52. The van der Waals surface area contributed by atoms with Crippen LogP contribution < -0.4 is 5.32 Å². The zero-order valence-electron chi connectivity index (χ0n) is 14.5. The summed E-state index contributed by atoms with van der Waals surface area (Å²) in [4.78, 5) is 5.46. The van der Waals surface area contributed by atoms with Gasteiger partial charge in [0.25, 0.3) is 0 Å². The van der Waals surface area contributed by atoms with Crippen molar-refractivity contribution in [3.63, 3.8) is 0 Å². The van der Waals surface area contributed by atoms with Crippen LogP contribution in [0.25, 0.3) is 0 Å². The number of hydrogen-bond donors (Lipinski definition) is 1. The molecule has 0 amide bonds. The first-order valence-electron chi connectivity index (χ1n) is 8.62. The largest absolute Gasteiger partial charge is 0.296 e. The van der Waals surface area contributed by atoms with Gasteiger partial charge in [-0.15, -0.1) is 0 Å². The van der Waals surface area contributed by atoms with Crippen LogP contribution in [0.2, 0.25) is 0 Å². The van der Waals surface area contributed by atoms with Gasteiger partial charge in [0.2, 0.25) is 0 Å². The Morgan fingerprint density at radius 3 is 2.50 bits per heavy atom. The standard InChI is InChI=1S/C17H35N3/c1-7-9-15(8-2)17-13-19(16(4,5)6)10-11-20(17)14(3)12-18-17/h14-15,18H,7-13H2,1-6H3. The lowest BCUT2D eigenvalue weighted by Crippen LogP contribution is -2.70. The Morgan fingerprint density at radius 2 is 1.95 bits per heavy atom.